The monoisotopic (exact) mass is 342 g/mol. The molecule has 0 atom stereocenters. The van der Waals surface area contributed by atoms with Crippen molar-refractivity contribution in [2.75, 3.05) is 13.1 Å². The standard InChI is InChI=1S/C21H34N4/c1-6-21(7-2,8-3)18-10-9-11-23-20(18)15-25(22)14-19-17(5)12-16(4)13-24-19/h9-12,24H,6-8,13-15,22H2,1-5H3. The molecule has 0 fully saturated rings. The average Bonchev–Trinajstić information content (AvgIpc) is 2.61. The number of hydrogen-bond donors (Lipinski definition) is 2. The van der Waals surface area contributed by atoms with Crippen molar-refractivity contribution < 1.29 is 0 Å². The first-order valence-electron chi connectivity index (χ1n) is 9.50. The topological polar surface area (TPSA) is 54.2 Å². The number of hydrogen-bond acceptors (Lipinski definition) is 4. The van der Waals surface area contributed by atoms with Crippen molar-refractivity contribution in [3.8, 4) is 0 Å². The number of hydrazine groups is 1. The Labute approximate surface area is 153 Å². The van der Waals surface area contributed by atoms with E-state index in [4.69, 9.17) is 5.84 Å². The summed E-state index contributed by atoms with van der Waals surface area (Å²) in [5.41, 5.74) is 6.49. The molecule has 1 aromatic heterocycles. The Morgan fingerprint density at radius 3 is 2.44 bits per heavy atom. The predicted octanol–water partition coefficient (Wildman–Crippen LogP) is 4.05. The van der Waals surface area contributed by atoms with Crippen LogP contribution in [0.2, 0.25) is 0 Å². The van der Waals surface area contributed by atoms with E-state index < -0.39 is 0 Å². The number of nitrogens with one attached hydrogen (secondary N) is 1. The average molecular weight is 343 g/mol. The third-order valence-electron chi connectivity index (χ3n) is 5.73. The van der Waals surface area contributed by atoms with E-state index >= 15 is 0 Å². The van der Waals surface area contributed by atoms with Gasteiger partial charge in [0, 0.05) is 18.4 Å². The van der Waals surface area contributed by atoms with Crippen molar-refractivity contribution in [2.45, 2.75) is 65.8 Å². The molecule has 4 nitrogen and oxygen atoms in total. The van der Waals surface area contributed by atoms with Crippen LogP contribution in [0.15, 0.2) is 41.2 Å². The second-order valence-corrected chi connectivity index (χ2v) is 7.25. The van der Waals surface area contributed by atoms with Crippen molar-refractivity contribution in [2.24, 2.45) is 5.84 Å². The zero-order chi connectivity index (χ0) is 18.4. The molecule has 0 aromatic carbocycles. The van der Waals surface area contributed by atoms with E-state index in [-0.39, 0.29) is 5.41 Å². The minimum atomic E-state index is 0.197. The van der Waals surface area contributed by atoms with Crippen molar-refractivity contribution in [1.29, 1.82) is 0 Å². The fourth-order valence-corrected chi connectivity index (χ4v) is 3.89. The van der Waals surface area contributed by atoms with Gasteiger partial charge in [0.25, 0.3) is 0 Å². The zero-order valence-electron chi connectivity index (χ0n) is 16.5. The van der Waals surface area contributed by atoms with E-state index in [0.717, 1.165) is 31.5 Å². The van der Waals surface area contributed by atoms with E-state index in [1.165, 1.54) is 22.4 Å². The summed E-state index contributed by atoms with van der Waals surface area (Å²) in [7, 11) is 0. The Hall–Kier alpha value is -1.65. The van der Waals surface area contributed by atoms with Crippen LogP contribution in [0.1, 0.15) is 65.1 Å². The molecule has 0 saturated heterocycles. The lowest BCUT2D eigenvalue weighted by Crippen LogP contribution is -2.38. The fourth-order valence-electron chi connectivity index (χ4n) is 3.89. The highest BCUT2D eigenvalue weighted by Gasteiger charge is 2.29. The minimum absolute atomic E-state index is 0.197. The van der Waals surface area contributed by atoms with E-state index in [1.807, 2.05) is 11.2 Å². The van der Waals surface area contributed by atoms with Gasteiger partial charge in [-0.15, -0.1) is 0 Å². The lowest BCUT2D eigenvalue weighted by Gasteiger charge is -2.33. The molecule has 0 saturated carbocycles. The normalized spacial score (nSPS) is 15.4. The number of rotatable bonds is 8. The van der Waals surface area contributed by atoms with Crippen molar-refractivity contribution >= 4 is 0 Å². The third-order valence-corrected chi connectivity index (χ3v) is 5.73. The second-order valence-electron chi connectivity index (χ2n) is 7.25. The van der Waals surface area contributed by atoms with Gasteiger partial charge in [0.2, 0.25) is 0 Å². The van der Waals surface area contributed by atoms with E-state index in [2.05, 4.69) is 63.1 Å². The van der Waals surface area contributed by atoms with Gasteiger partial charge in [-0.05, 0) is 55.7 Å². The molecular weight excluding hydrogens is 308 g/mol. The smallest absolute Gasteiger partial charge is 0.0596 e. The summed E-state index contributed by atoms with van der Waals surface area (Å²) in [5, 5.41) is 5.36. The van der Waals surface area contributed by atoms with Crippen LogP contribution in [0.25, 0.3) is 0 Å². The third kappa shape index (κ3) is 4.50. The van der Waals surface area contributed by atoms with Crippen LogP contribution >= 0.6 is 0 Å². The lowest BCUT2D eigenvalue weighted by molar-refractivity contribution is 0.282. The fraction of sp³-hybridized carbons (Fsp3) is 0.571. The molecule has 0 unspecified atom stereocenters. The van der Waals surface area contributed by atoms with Crippen LogP contribution in [0.5, 0.6) is 0 Å². The highest BCUT2D eigenvalue weighted by molar-refractivity contribution is 5.32. The van der Waals surface area contributed by atoms with E-state index in [9.17, 15) is 0 Å². The van der Waals surface area contributed by atoms with Gasteiger partial charge in [0.1, 0.15) is 0 Å². The second kappa shape index (κ2) is 8.63. The van der Waals surface area contributed by atoms with Gasteiger partial charge in [0.15, 0.2) is 0 Å². The van der Waals surface area contributed by atoms with Gasteiger partial charge in [-0.1, -0.05) is 38.5 Å². The van der Waals surface area contributed by atoms with Gasteiger partial charge in [-0.2, -0.15) is 0 Å². The minimum Gasteiger partial charge on any atom is -0.383 e. The Bertz CT molecular complexity index is 633. The highest BCUT2D eigenvalue weighted by Crippen LogP contribution is 2.36. The van der Waals surface area contributed by atoms with Crippen molar-refractivity contribution in [3.63, 3.8) is 0 Å². The zero-order valence-corrected chi connectivity index (χ0v) is 16.5. The Morgan fingerprint density at radius 2 is 1.84 bits per heavy atom. The van der Waals surface area contributed by atoms with Crippen molar-refractivity contribution in [1.82, 2.24) is 15.3 Å². The maximum Gasteiger partial charge on any atom is 0.0596 e. The molecule has 0 spiro atoms. The molecule has 0 bridgehead atoms. The van der Waals surface area contributed by atoms with Crippen molar-refractivity contribution in [3.05, 3.63) is 52.5 Å². The molecule has 1 aliphatic heterocycles. The summed E-state index contributed by atoms with van der Waals surface area (Å²) < 4.78 is 0. The number of aromatic nitrogens is 1. The molecule has 0 radical (unpaired) electrons. The highest BCUT2D eigenvalue weighted by atomic mass is 15.4. The number of allylic oxidation sites excluding steroid dienone is 2. The summed E-state index contributed by atoms with van der Waals surface area (Å²) in [4.78, 5) is 4.68. The summed E-state index contributed by atoms with van der Waals surface area (Å²) in [6.07, 6.45) is 7.49. The first-order chi connectivity index (χ1) is 12.0. The van der Waals surface area contributed by atoms with Gasteiger partial charge < -0.3 is 5.32 Å². The van der Waals surface area contributed by atoms with Crippen LogP contribution in [0.3, 0.4) is 0 Å². The van der Waals surface area contributed by atoms with Gasteiger partial charge in [0.05, 0.1) is 18.8 Å². The quantitative estimate of drug-likeness (QED) is 0.553. The Kier molecular flexibility index (Phi) is 6.79. The molecular formula is C21H34N4. The molecule has 2 heterocycles. The largest absolute Gasteiger partial charge is 0.383 e. The molecule has 138 valence electrons. The van der Waals surface area contributed by atoms with E-state index in [0.29, 0.717) is 13.1 Å². The Balaban J connectivity index is 2.19. The molecule has 3 N–H and O–H groups in total. The first kappa shape index (κ1) is 19.7. The van der Waals surface area contributed by atoms with Crippen LogP contribution in [-0.2, 0) is 12.0 Å². The SMILES string of the molecule is CCC(CC)(CC)c1cccnc1CN(N)CC1=C(C)C=C(C)CN1. The van der Waals surface area contributed by atoms with Crippen LogP contribution in [-0.4, -0.2) is 23.1 Å². The molecule has 25 heavy (non-hydrogen) atoms. The van der Waals surface area contributed by atoms with Crippen LogP contribution < -0.4 is 11.2 Å². The maximum absolute atomic E-state index is 6.37. The first-order valence-corrected chi connectivity index (χ1v) is 9.50. The lowest BCUT2D eigenvalue weighted by atomic mass is 9.73. The number of nitrogens with two attached hydrogens (primary N) is 1. The van der Waals surface area contributed by atoms with Gasteiger partial charge in [-0.3, -0.25) is 10.8 Å². The molecule has 1 aromatic rings. The summed E-state index contributed by atoms with van der Waals surface area (Å²) in [5.74, 6) is 6.37. The van der Waals surface area contributed by atoms with Gasteiger partial charge in [-0.25, -0.2) is 5.01 Å². The number of nitrogens with zero attached hydrogens (tertiary/aromatic N) is 2. The summed E-state index contributed by atoms with van der Waals surface area (Å²) >= 11 is 0. The summed E-state index contributed by atoms with van der Waals surface area (Å²) in [6.45, 7) is 13.4. The van der Waals surface area contributed by atoms with Crippen LogP contribution in [0, 0.1) is 0 Å². The maximum atomic E-state index is 6.37. The molecule has 0 aliphatic carbocycles. The number of pyridine rings is 1. The summed E-state index contributed by atoms with van der Waals surface area (Å²) in [6, 6.07) is 4.29. The number of dihydropyridines is 1. The molecule has 0 amide bonds. The van der Waals surface area contributed by atoms with Crippen LogP contribution in [0.4, 0.5) is 0 Å². The predicted molar refractivity (Wildman–Crippen MR) is 106 cm³/mol. The molecule has 1 aliphatic rings. The molecule has 2 rings (SSSR count). The molecule has 4 heteroatoms. The van der Waals surface area contributed by atoms with E-state index in [1.54, 1.807) is 0 Å². The Morgan fingerprint density at radius 1 is 1.16 bits per heavy atom. The van der Waals surface area contributed by atoms with Gasteiger partial charge >= 0.3 is 0 Å².